The van der Waals surface area contributed by atoms with Crippen LogP contribution in [-0.2, 0) is 4.79 Å². The third-order valence-electron chi connectivity index (χ3n) is 1.93. The molecule has 0 bridgehead atoms. The molecule has 0 saturated carbocycles. The lowest BCUT2D eigenvalue weighted by Gasteiger charge is -2.10. The summed E-state index contributed by atoms with van der Waals surface area (Å²) < 4.78 is 26.0. The molecule has 0 fully saturated rings. The molecule has 1 rings (SSSR count). The van der Waals surface area contributed by atoms with Crippen molar-refractivity contribution >= 4 is 5.97 Å². The minimum Gasteiger partial charge on any atom is -0.504 e. The van der Waals surface area contributed by atoms with Gasteiger partial charge >= 0.3 is 5.97 Å². The van der Waals surface area contributed by atoms with Gasteiger partial charge in [0.05, 0.1) is 5.56 Å². The number of phenolic OH excluding ortho intramolecular Hbond substituents is 1. The monoisotopic (exact) mass is 228 g/mol. The van der Waals surface area contributed by atoms with Crippen molar-refractivity contribution in [1.82, 2.24) is 0 Å². The number of halogens is 2. The predicted molar refractivity (Wildman–Crippen MR) is 47.3 cm³/mol. The fourth-order valence-corrected chi connectivity index (χ4v) is 1.09. The Labute approximate surface area is 88.3 Å². The number of aromatic hydroxyl groups is 1. The van der Waals surface area contributed by atoms with Crippen LogP contribution in [0.5, 0.6) is 5.75 Å². The molecule has 0 aromatic heterocycles. The Bertz CT molecular complexity index is 497. The van der Waals surface area contributed by atoms with Gasteiger partial charge in [-0.3, -0.25) is 4.79 Å². The molecule has 1 atom stereocenters. The first-order chi connectivity index (χ1) is 7.40. The molecule has 7 heteroatoms. The van der Waals surface area contributed by atoms with Gasteiger partial charge in [0, 0.05) is 5.56 Å². The molecule has 1 aromatic carbocycles. The lowest BCUT2D eigenvalue weighted by molar-refractivity contribution is -0.138. The number of carbonyl (C=O) groups is 1. The highest BCUT2D eigenvalue weighted by Crippen LogP contribution is 2.30. The van der Waals surface area contributed by atoms with Gasteiger partial charge in [-0.1, -0.05) is 0 Å². The van der Waals surface area contributed by atoms with E-state index in [1.54, 1.807) is 0 Å². The Morgan fingerprint density at radius 1 is 1.50 bits per heavy atom. The van der Waals surface area contributed by atoms with E-state index in [1.165, 1.54) is 6.07 Å². The van der Waals surface area contributed by atoms with Crippen LogP contribution in [-0.4, -0.2) is 16.2 Å². The number of phenols is 1. The number of benzene rings is 1. The van der Waals surface area contributed by atoms with Crippen molar-refractivity contribution in [1.29, 1.82) is 5.26 Å². The molecule has 0 aliphatic carbocycles. The standard InChI is InChI=1S/C9H6F2N2O3/c10-5-3(2-12)1-4(7(13)9(15)16)8(14)6(5)11/h1,7,14H,13H2,(H,15,16)/t7-/m0/s1. The number of aliphatic carboxylic acids is 1. The first-order valence-electron chi connectivity index (χ1n) is 3.99. The fourth-order valence-electron chi connectivity index (χ4n) is 1.09. The summed E-state index contributed by atoms with van der Waals surface area (Å²) in [7, 11) is 0. The number of nitriles is 1. The van der Waals surface area contributed by atoms with E-state index in [-0.39, 0.29) is 0 Å². The summed E-state index contributed by atoms with van der Waals surface area (Å²) in [6.45, 7) is 0. The van der Waals surface area contributed by atoms with Crippen LogP contribution in [0, 0.1) is 23.0 Å². The molecule has 0 aliphatic rings. The molecule has 0 unspecified atom stereocenters. The van der Waals surface area contributed by atoms with E-state index in [4.69, 9.17) is 21.2 Å². The Morgan fingerprint density at radius 3 is 2.50 bits per heavy atom. The number of carboxylic acid groups (broad SMARTS) is 1. The van der Waals surface area contributed by atoms with Gasteiger partial charge < -0.3 is 15.9 Å². The predicted octanol–water partition coefficient (Wildman–Crippen LogP) is 0.626. The van der Waals surface area contributed by atoms with Crippen LogP contribution < -0.4 is 5.73 Å². The van der Waals surface area contributed by atoms with Crippen LogP contribution >= 0.6 is 0 Å². The van der Waals surface area contributed by atoms with E-state index in [0.717, 1.165) is 0 Å². The lowest BCUT2D eigenvalue weighted by atomic mass is 10.0. The minimum atomic E-state index is -1.73. The fraction of sp³-hybridized carbons (Fsp3) is 0.111. The average Bonchev–Trinajstić information content (AvgIpc) is 2.25. The summed E-state index contributed by atoms with van der Waals surface area (Å²) >= 11 is 0. The highest BCUT2D eigenvalue weighted by atomic mass is 19.2. The molecule has 16 heavy (non-hydrogen) atoms. The van der Waals surface area contributed by atoms with Gasteiger partial charge in [0.1, 0.15) is 12.1 Å². The van der Waals surface area contributed by atoms with Crippen LogP contribution in [0.15, 0.2) is 6.07 Å². The van der Waals surface area contributed by atoms with Crippen molar-refractivity contribution in [3.63, 3.8) is 0 Å². The second-order valence-electron chi connectivity index (χ2n) is 2.92. The first-order valence-corrected chi connectivity index (χ1v) is 3.99. The van der Waals surface area contributed by atoms with E-state index < -0.39 is 40.5 Å². The highest BCUT2D eigenvalue weighted by Gasteiger charge is 2.25. The molecule has 0 radical (unpaired) electrons. The van der Waals surface area contributed by atoms with E-state index in [0.29, 0.717) is 6.07 Å². The third kappa shape index (κ3) is 1.78. The van der Waals surface area contributed by atoms with Crippen LogP contribution in [0.4, 0.5) is 8.78 Å². The number of carboxylic acids is 1. The van der Waals surface area contributed by atoms with Gasteiger partial charge in [-0.15, -0.1) is 0 Å². The quantitative estimate of drug-likeness (QED) is 0.687. The number of rotatable bonds is 2. The number of nitrogens with two attached hydrogens (primary N) is 1. The molecule has 0 amide bonds. The SMILES string of the molecule is N#Cc1cc([C@H](N)C(=O)O)c(O)c(F)c1F. The summed E-state index contributed by atoms with van der Waals surface area (Å²) in [5, 5.41) is 26.2. The maximum absolute atomic E-state index is 13.0. The van der Waals surface area contributed by atoms with Gasteiger partial charge in [0.2, 0.25) is 5.82 Å². The summed E-state index contributed by atoms with van der Waals surface area (Å²) in [4.78, 5) is 10.5. The molecule has 0 saturated heterocycles. The molecule has 4 N–H and O–H groups in total. The first kappa shape index (κ1) is 11.9. The van der Waals surface area contributed by atoms with Gasteiger partial charge in [-0.05, 0) is 6.07 Å². The number of nitrogens with zero attached hydrogens (tertiary/aromatic N) is 1. The van der Waals surface area contributed by atoms with Gasteiger partial charge in [-0.2, -0.15) is 9.65 Å². The summed E-state index contributed by atoms with van der Waals surface area (Å²) in [6.07, 6.45) is 0. The molecular weight excluding hydrogens is 222 g/mol. The number of hydrogen-bond acceptors (Lipinski definition) is 4. The van der Waals surface area contributed by atoms with Crippen molar-refractivity contribution in [2.45, 2.75) is 6.04 Å². The molecule has 0 spiro atoms. The summed E-state index contributed by atoms with van der Waals surface area (Å²) in [5.74, 6) is -5.97. The van der Waals surface area contributed by atoms with Crippen molar-refractivity contribution < 1.29 is 23.8 Å². The van der Waals surface area contributed by atoms with Gasteiger partial charge in [0.15, 0.2) is 11.6 Å². The van der Waals surface area contributed by atoms with E-state index in [2.05, 4.69) is 0 Å². The molecule has 84 valence electrons. The zero-order chi connectivity index (χ0) is 12.5. The molecular formula is C9H6F2N2O3. The Hall–Kier alpha value is -2.20. The summed E-state index contributed by atoms with van der Waals surface area (Å²) in [5.41, 5.74) is 3.85. The Kier molecular flexibility index (Phi) is 3.06. The zero-order valence-electron chi connectivity index (χ0n) is 7.74. The molecule has 1 aromatic rings. The molecule has 0 heterocycles. The zero-order valence-corrected chi connectivity index (χ0v) is 7.74. The third-order valence-corrected chi connectivity index (χ3v) is 1.93. The Morgan fingerprint density at radius 2 is 2.06 bits per heavy atom. The average molecular weight is 228 g/mol. The minimum absolute atomic E-state index is 0.553. The van der Waals surface area contributed by atoms with Crippen molar-refractivity contribution in [3.8, 4) is 11.8 Å². The van der Waals surface area contributed by atoms with Gasteiger partial charge in [0.25, 0.3) is 0 Å². The van der Waals surface area contributed by atoms with Crippen LogP contribution in [0.2, 0.25) is 0 Å². The van der Waals surface area contributed by atoms with E-state index >= 15 is 0 Å². The van der Waals surface area contributed by atoms with E-state index in [1.807, 2.05) is 0 Å². The topological polar surface area (TPSA) is 107 Å². The highest BCUT2D eigenvalue weighted by molar-refractivity contribution is 5.76. The van der Waals surface area contributed by atoms with Crippen LogP contribution in [0.3, 0.4) is 0 Å². The van der Waals surface area contributed by atoms with Gasteiger partial charge in [-0.25, -0.2) is 4.39 Å². The second-order valence-corrected chi connectivity index (χ2v) is 2.92. The number of hydrogen-bond donors (Lipinski definition) is 3. The Balaban J connectivity index is 3.48. The maximum Gasteiger partial charge on any atom is 0.325 e. The van der Waals surface area contributed by atoms with Crippen molar-refractivity contribution in [3.05, 3.63) is 28.8 Å². The van der Waals surface area contributed by atoms with Crippen molar-refractivity contribution in [2.75, 3.05) is 0 Å². The van der Waals surface area contributed by atoms with Crippen molar-refractivity contribution in [2.24, 2.45) is 5.73 Å². The largest absolute Gasteiger partial charge is 0.504 e. The molecule has 5 nitrogen and oxygen atoms in total. The maximum atomic E-state index is 13.0. The smallest absolute Gasteiger partial charge is 0.325 e. The van der Waals surface area contributed by atoms with Crippen LogP contribution in [0.25, 0.3) is 0 Å². The normalized spacial score (nSPS) is 11.9. The molecule has 0 aliphatic heterocycles. The second kappa shape index (κ2) is 4.12. The van der Waals surface area contributed by atoms with E-state index in [9.17, 15) is 13.6 Å². The summed E-state index contributed by atoms with van der Waals surface area (Å²) in [6, 6.07) is 0.290. The van der Waals surface area contributed by atoms with Crippen LogP contribution in [0.1, 0.15) is 17.2 Å². The lowest BCUT2D eigenvalue weighted by Crippen LogP contribution is -2.21.